The molecule has 9 heteroatoms. The van der Waals surface area contributed by atoms with Crippen molar-refractivity contribution in [3.63, 3.8) is 0 Å². The molecule has 8 nitrogen and oxygen atoms in total. The molecular formula is C24H44N2O6S. The van der Waals surface area contributed by atoms with Crippen LogP contribution in [0.25, 0.3) is 0 Å². The summed E-state index contributed by atoms with van der Waals surface area (Å²) in [5.74, 6) is 1.75. The van der Waals surface area contributed by atoms with Crippen LogP contribution in [0.3, 0.4) is 0 Å². The third-order valence-electron chi connectivity index (χ3n) is 6.41. The van der Waals surface area contributed by atoms with Crippen molar-refractivity contribution in [2.45, 2.75) is 101 Å². The lowest BCUT2D eigenvalue weighted by atomic mass is 9.92. The first-order chi connectivity index (χ1) is 15.8. The van der Waals surface area contributed by atoms with Crippen LogP contribution in [0.5, 0.6) is 0 Å². The van der Waals surface area contributed by atoms with Gasteiger partial charge in [-0.25, -0.2) is 0 Å². The van der Waals surface area contributed by atoms with Gasteiger partial charge in [0.1, 0.15) is 35.9 Å². The predicted molar refractivity (Wildman–Crippen MR) is 131 cm³/mol. The van der Waals surface area contributed by atoms with Gasteiger partial charge >= 0.3 is 0 Å². The Morgan fingerprint density at radius 3 is 2.64 bits per heavy atom. The van der Waals surface area contributed by atoms with Crippen LogP contribution in [0.1, 0.15) is 54.3 Å². The number of aliphatic hydroxyl groups is 3. The van der Waals surface area contributed by atoms with Crippen LogP contribution in [0.4, 0.5) is 0 Å². The van der Waals surface area contributed by atoms with Gasteiger partial charge in [-0.15, -0.1) is 11.8 Å². The summed E-state index contributed by atoms with van der Waals surface area (Å²) in [6.07, 6.45) is 3.81. The number of fused-ring (bicyclic) bond motifs is 3. The number of hydrogen-bond acceptors (Lipinski definition) is 8. The number of thioether (sulfide) groups is 1. The van der Waals surface area contributed by atoms with E-state index in [0.717, 1.165) is 43.9 Å². The monoisotopic (exact) mass is 488 g/mol. The van der Waals surface area contributed by atoms with Crippen molar-refractivity contribution in [1.82, 2.24) is 10.6 Å². The minimum atomic E-state index is -1.31. The van der Waals surface area contributed by atoms with Gasteiger partial charge in [0.2, 0.25) is 5.91 Å². The zero-order valence-corrected chi connectivity index (χ0v) is 20.9. The summed E-state index contributed by atoms with van der Waals surface area (Å²) in [7, 11) is 0. The van der Waals surface area contributed by atoms with Crippen LogP contribution in [0.15, 0.2) is 12.2 Å². The first kappa shape index (κ1) is 26.9. The van der Waals surface area contributed by atoms with Crippen molar-refractivity contribution in [1.29, 1.82) is 0 Å². The average molecular weight is 489 g/mol. The second kappa shape index (κ2) is 12.9. The Labute approximate surface area is 203 Å². The fourth-order valence-corrected chi connectivity index (χ4v) is 5.83. The molecule has 0 aromatic heterocycles. The molecule has 0 radical (unpaired) electrons. The predicted octanol–water partition coefficient (Wildman–Crippen LogP) is 1.43. The maximum absolute atomic E-state index is 13.1. The third-order valence-corrected chi connectivity index (χ3v) is 7.60. The van der Waals surface area contributed by atoms with Crippen LogP contribution in [-0.4, -0.2) is 88.2 Å². The van der Waals surface area contributed by atoms with Gasteiger partial charge in [0.05, 0.1) is 12.1 Å². The summed E-state index contributed by atoms with van der Waals surface area (Å²) in [5, 5.41) is 37.5. The standard InChI is InChI=1S/C20H32N2O6S.C4H10.H2/c23-14-15(24)18-12(7-2-1-5-9-29-20(28-18)16(14)25)22-19(26)13-17-11(10-21-13)6-3-4-8-27-17;1-4(2)3;/h1-2,11-18,20-21,23-25H,3-10H2,(H,22,26);4H,1-3H3;1H/b2-1-;;/t11-,12+,13?,14?,15?,16?,17?,18?,20?;;/m0../s1. The number of hydrogen-bond donors (Lipinski definition) is 5. The van der Waals surface area contributed by atoms with E-state index in [1.54, 1.807) is 0 Å². The zero-order valence-electron chi connectivity index (χ0n) is 20.1. The first-order valence-corrected chi connectivity index (χ1v) is 13.5. The molecule has 9 atom stereocenters. The van der Waals surface area contributed by atoms with E-state index in [-0.39, 0.29) is 13.4 Å². The molecule has 4 rings (SSSR count). The van der Waals surface area contributed by atoms with E-state index in [4.69, 9.17) is 9.47 Å². The van der Waals surface area contributed by atoms with E-state index >= 15 is 0 Å². The lowest BCUT2D eigenvalue weighted by Crippen LogP contribution is -2.63. The Bertz CT molecular complexity index is 654. The highest BCUT2D eigenvalue weighted by atomic mass is 32.2. The highest BCUT2D eigenvalue weighted by Gasteiger charge is 2.48. The highest BCUT2D eigenvalue weighted by Crippen LogP contribution is 2.32. The smallest absolute Gasteiger partial charge is 0.240 e. The molecule has 4 aliphatic heterocycles. The van der Waals surface area contributed by atoms with Gasteiger partial charge in [-0.05, 0) is 43.3 Å². The average Bonchev–Trinajstić information content (AvgIpc) is 3.03. The van der Waals surface area contributed by atoms with Crippen molar-refractivity contribution in [2.75, 3.05) is 18.9 Å². The van der Waals surface area contributed by atoms with Crippen LogP contribution >= 0.6 is 11.8 Å². The minimum absolute atomic E-state index is 0. The number of amides is 1. The number of rotatable bonds is 2. The van der Waals surface area contributed by atoms with Crippen molar-refractivity contribution < 1.29 is 31.0 Å². The van der Waals surface area contributed by atoms with Crippen LogP contribution in [0, 0.1) is 11.8 Å². The molecule has 5 N–H and O–H groups in total. The first-order valence-electron chi connectivity index (χ1n) is 12.4. The van der Waals surface area contributed by atoms with Gasteiger partial charge in [0.15, 0.2) is 0 Å². The molecule has 4 aliphatic rings. The van der Waals surface area contributed by atoms with E-state index in [0.29, 0.717) is 18.9 Å². The topological polar surface area (TPSA) is 120 Å². The van der Waals surface area contributed by atoms with E-state index in [2.05, 4.69) is 31.4 Å². The van der Waals surface area contributed by atoms with E-state index in [9.17, 15) is 20.1 Å². The molecule has 0 aromatic carbocycles. The summed E-state index contributed by atoms with van der Waals surface area (Å²) in [6.45, 7) is 7.94. The zero-order chi connectivity index (χ0) is 24.0. The van der Waals surface area contributed by atoms with Crippen molar-refractivity contribution in [3.05, 3.63) is 12.2 Å². The van der Waals surface area contributed by atoms with E-state index in [1.165, 1.54) is 11.8 Å². The molecule has 3 saturated heterocycles. The van der Waals surface area contributed by atoms with Crippen LogP contribution in [-0.2, 0) is 14.3 Å². The molecule has 0 aliphatic carbocycles. The summed E-state index contributed by atoms with van der Waals surface area (Å²) < 4.78 is 11.9. The summed E-state index contributed by atoms with van der Waals surface area (Å²) >= 11 is 1.41. The lowest BCUT2D eigenvalue weighted by Gasteiger charge is -2.43. The fraction of sp³-hybridized carbons (Fsp3) is 0.875. The SMILES string of the molecule is CC(C)C.O=C(N[C@@H]1C/C=C\CCSC2OC1C(O)C(O)C2O)C1NC[C@@H]2CCCCOC12.[HH]. The number of aliphatic hydroxyl groups excluding tert-OH is 3. The Hall–Kier alpha value is -0.680. The van der Waals surface area contributed by atoms with Crippen molar-refractivity contribution in [2.24, 2.45) is 11.8 Å². The van der Waals surface area contributed by atoms with Crippen molar-refractivity contribution >= 4 is 17.7 Å². The molecule has 2 bridgehead atoms. The Morgan fingerprint density at radius 1 is 1.12 bits per heavy atom. The number of allylic oxidation sites excluding steroid dienone is 1. The molecule has 0 saturated carbocycles. The van der Waals surface area contributed by atoms with Gasteiger partial charge in [0, 0.05) is 14.6 Å². The van der Waals surface area contributed by atoms with Gasteiger partial charge in [-0.3, -0.25) is 4.79 Å². The van der Waals surface area contributed by atoms with Gasteiger partial charge in [-0.1, -0.05) is 39.3 Å². The summed E-state index contributed by atoms with van der Waals surface area (Å²) in [5.41, 5.74) is -0.636. The largest absolute Gasteiger partial charge is 0.388 e. The number of carbonyl (C=O) groups is 1. The molecule has 4 heterocycles. The Kier molecular flexibility index (Phi) is 10.5. The number of ether oxygens (including phenoxy) is 2. The van der Waals surface area contributed by atoms with E-state index < -0.39 is 41.9 Å². The van der Waals surface area contributed by atoms with Gasteiger partial charge in [0.25, 0.3) is 0 Å². The van der Waals surface area contributed by atoms with Gasteiger partial charge in [-0.2, -0.15) is 0 Å². The quantitative estimate of drug-likeness (QED) is 0.370. The Balaban J connectivity index is 0.000000758. The molecule has 33 heavy (non-hydrogen) atoms. The molecule has 3 fully saturated rings. The fourth-order valence-electron chi connectivity index (χ4n) is 4.76. The van der Waals surface area contributed by atoms with Crippen LogP contribution < -0.4 is 10.6 Å². The second-order valence-electron chi connectivity index (χ2n) is 10.1. The van der Waals surface area contributed by atoms with E-state index in [1.807, 2.05) is 12.2 Å². The summed E-state index contributed by atoms with van der Waals surface area (Å²) in [4.78, 5) is 13.1. The maximum atomic E-state index is 13.1. The highest BCUT2D eigenvalue weighted by molar-refractivity contribution is 7.99. The minimum Gasteiger partial charge on any atom is -0.388 e. The molecule has 192 valence electrons. The third kappa shape index (κ3) is 7.16. The molecule has 7 unspecified atom stereocenters. The molecule has 1 amide bonds. The van der Waals surface area contributed by atoms with Crippen molar-refractivity contribution in [3.8, 4) is 0 Å². The molecule has 0 aromatic rings. The van der Waals surface area contributed by atoms with Crippen LogP contribution in [0.2, 0.25) is 0 Å². The summed E-state index contributed by atoms with van der Waals surface area (Å²) in [6, 6.07) is -0.942. The molecule has 0 spiro atoms. The molecular weight excluding hydrogens is 444 g/mol. The Morgan fingerprint density at radius 2 is 1.88 bits per heavy atom. The number of nitrogens with one attached hydrogen (secondary N) is 2. The maximum Gasteiger partial charge on any atom is 0.240 e. The number of carbonyl (C=O) groups excluding carboxylic acids is 1. The second-order valence-corrected chi connectivity index (χ2v) is 11.3. The lowest BCUT2D eigenvalue weighted by molar-refractivity contribution is -0.205. The normalized spacial score (nSPS) is 42.3. The van der Waals surface area contributed by atoms with Gasteiger partial charge < -0.3 is 35.4 Å².